The molecule has 2 unspecified atom stereocenters. The molecular weight excluding hydrogens is 306 g/mol. The van der Waals surface area contributed by atoms with E-state index in [4.69, 9.17) is 4.99 Å². The quantitative estimate of drug-likeness (QED) is 0.851. The molecule has 1 fully saturated rings. The summed E-state index contributed by atoms with van der Waals surface area (Å²) in [4.78, 5) is 8.90. The van der Waals surface area contributed by atoms with Crippen LogP contribution in [0.3, 0.4) is 0 Å². The highest BCUT2D eigenvalue weighted by atomic mass is 32.1. The summed E-state index contributed by atoms with van der Waals surface area (Å²) in [5.41, 5.74) is 1.45. The standard InChI is InChI=1S/C17H19N5S/c1-11-2-5-15(21-8-12-6-7-23-14(12)9-21)19-16(11)17-20-18-10-22(17)13-3-4-13/h2,5-7,10-11,13,16H,3-4,8-9H2,1H3. The molecule has 118 valence electrons. The van der Waals surface area contributed by atoms with E-state index in [0.717, 1.165) is 24.7 Å². The maximum atomic E-state index is 5.06. The van der Waals surface area contributed by atoms with Crippen LogP contribution >= 0.6 is 11.3 Å². The second-order valence-electron chi connectivity index (χ2n) is 6.70. The first kappa shape index (κ1) is 13.5. The summed E-state index contributed by atoms with van der Waals surface area (Å²) in [6.45, 7) is 4.17. The Morgan fingerprint density at radius 1 is 1.26 bits per heavy atom. The highest BCUT2D eigenvalue weighted by molar-refractivity contribution is 7.10. The van der Waals surface area contributed by atoms with Gasteiger partial charge in [0.2, 0.25) is 0 Å². The van der Waals surface area contributed by atoms with Gasteiger partial charge in [0.25, 0.3) is 0 Å². The van der Waals surface area contributed by atoms with E-state index in [0.29, 0.717) is 12.0 Å². The topological polar surface area (TPSA) is 46.3 Å². The van der Waals surface area contributed by atoms with Crippen LogP contribution in [0.25, 0.3) is 0 Å². The molecule has 0 radical (unpaired) electrons. The number of dihydropyridines is 1. The molecule has 0 amide bonds. The van der Waals surface area contributed by atoms with Gasteiger partial charge in [-0.05, 0) is 35.9 Å². The van der Waals surface area contributed by atoms with Crippen LogP contribution in [-0.4, -0.2) is 25.5 Å². The van der Waals surface area contributed by atoms with Crippen LogP contribution in [0.15, 0.2) is 34.9 Å². The van der Waals surface area contributed by atoms with Gasteiger partial charge < -0.3 is 9.47 Å². The lowest BCUT2D eigenvalue weighted by molar-refractivity contribution is 0.428. The monoisotopic (exact) mass is 325 g/mol. The van der Waals surface area contributed by atoms with Crippen LogP contribution in [0, 0.1) is 5.92 Å². The Labute approximate surface area is 139 Å². The average molecular weight is 325 g/mol. The van der Waals surface area contributed by atoms with Gasteiger partial charge in [0.1, 0.15) is 18.2 Å². The molecule has 1 saturated carbocycles. The number of nitrogens with zero attached hydrogens (tertiary/aromatic N) is 5. The number of aromatic nitrogens is 3. The molecule has 6 heteroatoms. The highest BCUT2D eigenvalue weighted by Crippen LogP contribution is 2.39. The van der Waals surface area contributed by atoms with Gasteiger partial charge in [0.05, 0.1) is 6.54 Å². The van der Waals surface area contributed by atoms with Crippen molar-refractivity contribution < 1.29 is 0 Å². The first-order valence-corrected chi connectivity index (χ1v) is 9.13. The Kier molecular flexibility index (Phi) is 2.95. The van der Waals surface area contributed by atoms with E-state index in [9.17, 15) is 0 Å². The van der Waals surface area contributed by atoms with Crippen molar-refractivity contribution in [3.05, 3.63) is 46.2 Å². The lowest BCUT2D eigenvalue weighted by Gasteiger charge is -2.26. The predicted molar refractivity (Wildman–Crippen MR) is 90.3 cm³/mol. The molecule has 0 saturated heterocycles. The van der Waals surface area contributed by atoms with E-state index >= 15 is 0 Å². The molecular formula is C17H19N5S. The lowest BCUT2D eigenvalue weighted by atomic mass is 9.98. The fraction of sp³-hybridized carbons (Fsp3) is 0.471. The van der Waals surface area contributed by atoms with Crippen LogP contribution in [0.5, 0.6) is 0 Å². The zero-order chi connectivity index (χ0) is 15.4. The average Bonchev–Trinajstić information content (AvgIpc) is 2.97. The van der Waals surface area contributed by atoms with Crippen molar-refractivity contribution in [3.63, 3.8) is 0 Å². The summed E-state index contributed by atoms with van der Waals surface area (Å²) in [6.07, 6.45) is 8.80. The van der Waals surface area contributed by atoms with Crippen molar-refractivity contribution in [2.24, 2.45) is 10.9 Å². The molecule has 0 aromatic carbocycles. The number of hydrogen-bond acceptors (Lipinski definition) is 5. The lowest BCUT2D eigenvalue weighted by Crippen LogP contribution is -2.28. The van der Waals surface area contributed by atoms with E-state index < -0.39 is 0 Å². The van der Waals surface area contributed by atoms with E-state index in [-0.39, 0.29) is 6.04 Å². The number of thiophene rings is 1. The van der Waals surface area contributed by atoms with Crippen molar-refractivity contribution in [1.82, 2.24) is 19.7 Å². The number of rotatable bonds is 2. The molecule has 0 N–H and O–H groups in total. The van der Waals surface area contributed by atoms with E-state index in [2.05, 4.69) is 50.2 Å². The van der Waals surface area contributed by atoms with Gasteiger partial charge in [-0.25, -0.2) is 0 Å². The number of aliphatic imine (C=N–C) groups is 1. The third kappa shape index (κ3) is 2.24. The summed E-state index contributed by atoms with van der Waals surface area (Å²) in [7, 11) is 0. The van der Waals surface area contributed by atoms with Crippen molar-refractivity contribution >= 4 is 17.2 Å². The Bertz CT molecular complexity index is 777. The minimum absolute atomic E-state index is 0.0803. The highest BCUT2D eigenvalue weighted by Gasteiger charge is 2.33. The van der Waals surface area contributed by atoms with Crippen molar-refractivity contribution in [1.29, 1.82) is 0 Å². The van der Waals surface area contributed by atoms with Gasteiger partial charge >= 0.3 is 0 Å². The largest absolute Gasteiger partial charge is 0.347 e. The number of amidine groups is 1. The smallest absolute Gasteiger partial charge is 0.158 e. The summed E-state index contributed by atoms with van der Waals surface area (Å²) in [5.74, 6) is 2.47. The maximum absolute atomic E-state index is 5.06. The molecule has 3 aliphatic rings. The zero-order valence-corrected chi connectivity index (χ0v) is 13.9. The summed E-state index contributed by atoms with van der Waals surface area (Å²) >= 11 is 1.85. The SMILES string of the molecule is CC1C=CC(N2Cc3ccsc3C2)=NC1c1nncn1C1CC1. The first-order valence-electron chi connectivity index (χ1n) is 8.25. The van der Waals surface area contributed by atoms with Gasteiger partial charge in [-0.3, -0.25) is 4.99 Å². The molecule has 2 aromatic heterocycles. The molecule has 5 rings (SSSR count). The second-order valence-corrected chi connectivity index (χ2v) is 7.70. The number of fused-ring (bicyclic) bond motifs is 1. The molecule has 23 heavy (non-hydrogen) atoms. The first-order chi connectivity index (χ1) is 11.3. The fourth-order valence-electron chi connectivity index (χ4n) is 3.47. The van der Waals surface area contributed by atoms with Crippen molar-refractivity contribution in [2.45, 2.75) is 44.9 Å². The summed E-state index contributed by atoms with van der Waals surface area (Å²) in [6, 6.07) is 2.91. The Hall–Kier alpha value is -1.95. The van der Waals surface area contributed by atoms with Crippen LogP contribution in [0.4, 0.5) is 0 Å². The minimum atomic E-state index is 0.0803. The third-order valence-corrected chi connectivity index (χ3v) is 5.93. The zero-order valence-electron chi connectivity index (χ0n) is 13.1. The van der Waals surface area contributed by atoms with Crippen LogP contribution in [0.2, 0.25) is 0 Å². The molecule has 4 heterocycles. The normalized spacial score (nSPS) is 26.5. The molecule has 0 bridgehead atoms. The Balaban J connectivity index is 1.45. The van der Waals surface area contributed by atoms with Crippen LogP contribution in [0.1, 0.15) is 48.1 Å². The molecule has 2 aliphatic heterocycles. The van der Waals surface area contributed by atoms with E-state index in [1.165, 1.54) is 23.3 Å². The molecule has 2 aromatic rings. The predicted octanol–water partition coefficient (Wildman–Crippen LogP) is 3.34. The van der Waals surface area contributed by atoms with Crippen LogP contribution in [-0.2, 0) is 13.1 Å². The Morgan fingerprint density at radius 2 is 2.17 bits per heavy atom. The molecule has 0 spiro atoms. The minimum Gasteiger partial charge on any atom is -0.347 e. The van der Waals surface area contributed by atoms with Gasteiger partial charge in [0.15, 0.2) is 5.82 Å². The molecule has 5 nitrogen and oxygen atoms in total. The van der Waals surface area contributed by atoms with Crippen LogP contribution < -0.4 is 0 Å². The van der Waals surface area contributed by atoms with Gasteiger partial charge in [-0.2, -0.15) is 0 Å². The third-order valence-electron chi connectivity index (χ3n) is 4.98. The van der Waals surface area contributed by atoms with Gasteiger partial charge in [-0.1, -0.05) is 13.0 Å². The fourth-order valence-corrected chi connectivity index (χ4v) is 4.38. The second kappa shape index (κ2) is 5.03. The van der Waals surface area contributed by atoms with E-state index in [1.54, 1.807) is 0 Å². The summed E-state index contributed by atoms with van der Waals surface area (Å²) < 4.78 is 2.24. The number of hydrogen-bond donors (Lipinski definition) is 0. The van der Waals surface area contributed by atoms with Crippen molar-refractivity contribution in [2.75, 3.05) is 0 Å². The van der Waals surface area contributed by atoms with E-state index in [1.807, 2.05) is 17.7 Å². The summed E-state index contributed by atoms with van der Waals surface area (Å²) in [5, 5.41) is 10.7. The Morgan fingerprint density at radius 3 is 3.00 bits per heavy atom. The maximum Gasteiger partial charge on any atom is 0.158 e. The van der Waals surface area contributed by atoms with Gasteiger partial charge in [0, 0.05) is 23.4 Å². The molecule has 1 aliphatic carbocycles. The molecule has 2 atom stereocenters. The van der Waals surface area contributed by atoms with Gasteiger partial charge in [-0.15, -0.1) is 21.5 Å². The van der Waals surface area contributed by atoms with Crippen molar-refractivity contribution in [3.8, 4) is 0 Å².